The highest BCUT2D eigenvalue weighted by Gasteiger charge is 2.60. The fraction of sp³-hybridized carbons (Fsp3) is 0.750. The van der Waals surface area contributed by atoms with Crippen molar-refractivity contribution in [3.8, 4) is 0 Å². The Morgan fingerprint density at radius 1 is 0.882 bits per heavy atom. The smallest absolute Gasteiger partial charge is 0.0452 e. The first-order valence-electron chi connectivity index (χ1n) is 7.15. The average Bonchev–Trinajstić information content (AvgIpc) is 2.63. The summed E-state index contributed by atoms with van der Waals surface area (Å²) in [6, 6.07) is 4.40. The first kappa shape index (κ1) is 10.2. The highest BCUT2D eigenvalue weighted by atomic mass is 15.1. The summed E-state index contributed by atoms with van der Waals surface area (Å²) in [6.45, 7) is 5.10. The van der Waals surface area contributed by atoms with Crippen molar-refractivity contribution >= 4 is 0 Å². The summed E-state index contributed by atoms with van der Waals surface area (Å²) in [7, 11) is 0. The summed E-state index contributed by atoms with van der Waals surface area (Å²) in [5, 5.41) is 0. The fourth-order valence-corrected chi connectivity index (χ4v) is 6.33. The van der Waals surface area contributed by atoms with Crippen molar-refractivity contribution in [2.24, 2.45) is 16.7 Å². The highest BCUT2D eigenvalue weighted by Crippen LogP contribution is 2.68. The standard InChI is InChI=1S/C16H23N/c1-14-7-13-8-15(2,10-14)12-16(9-13,11-14)17-5-3-4-6-17/h3-6,13H,7-12H2,1-2H3. The third kappa shape index (κ3) is 1.31. The molecule has 0 saturated heterocycles. The minimum Gasteiger partial charge on any atom is -0.348 e. The zero-order valence-corrected chi connectivity index (χ0v) is 11.1. The van der Waals surface area contributed by atoms with E-state index >= 15 is 0 Å². The van der Waals surface area contributed by atoms with Crippen LogP contribution in [0, 0.1) is 16.7 Å². The van der Waals surface area contributed by atoms with Gasteiger partial charge < -0.3 is 4.57 Å². The van der Waals surface area contributed by atoms with Crippen LogP contribution in [-0.2, 0) is 5.54 Å². The van der Waals surface area contributed by atoms with Gasteiger partial charge in [0.15, 0.2) is 0 Å². The molecular formula is C16H23N. The third-order valence-electron chi connectivity index (χ3n) is 5.75. The van der Waals surface area contributed by atoms with Gasteiger partial charge in [0, 0.05) is 17.9 Å². The summed E-state index contributed by atoms with van der Waals surface area (Å²) >= 11 is 0. The van der Waals surface area contributed by atoms with Crippen LogP contribution in [0.1, 0.15) is 52.4 Å². The zero-order valence-electron chi connectivity index (χ0n) is 11.1. The molecule has 0 amide bonds. The third-order valence-corrected chi connectivity index (χ3v) is 5.75. The monoisotopic (exact) mass is 229 g/mol. The minimum atomic E-state index is 0.465. The maximum atomic E-state index is 2.55. The quantitative estimate of drug-likeness (QED) is 0.680. The van der Waals surface area contributed by atoms with Gasteiger partial charge in [0.2, 0.25) is 0 Å². The van der Waals surface area contributed by atoms with Gasteiger partial charge in [-0.2, -0.15) is 0 Å². The normalized spacial score (nSPS) is 52.0. The minimum absolute atomic E-state index is 0.465. The SMILES string of the molecule is CC12CC3CC(C)(C1)CC(n1cccc1)(C3)C2. The molecule has 1 aromatic rings. The molecular weight excluding hydrogens is 206 g/mol. The van der Waals surface area contributed by atoms with Gasteiger partial charge >= 0.3 is 0 Å². The summed E-state index contributed by atoms with van der Waals surface area (Å²) < 4.78 is 2.55. The van der Waals surface area contributed by atoms with E-state index in [0.717, 1.165) is 5.92 Å². The molecule has 92 valence electrons. The molecule has 1 aromatic heterocycles. The zero-order chi connectivity index (χ0) is 11.7. The lowest BCUT2D eigenvalue weighted by atomic mass is 9.42. The van der Waals surface area contributed by atoms with Crippen molar-refractivity contribution < 1.29 is 0 Å². The lowest BCUT2D eigenvalue weighted by Gasteiger charge is -2.65. The number of nitrogens with zero attached hydrogens (tertiary/aromatic N) is 1. The first-order valence-corrected chi connectivity index (χ1v) is 7.15. The van der Waals surface area contributed by atoms with Crippen LogP contribution < -0.4 is 0 Å². The molecule has 17 heavy (non-hydrogen) atoms. The van der Waals surface area contributed by atoms with E-state index in [9.17, 15) is 0 Å². The Kier molecular flexibility index (Phi) is 1.69. The Balaban J connectivity index is 1.83. The molecule has 1 heteroatoms. The van der Waals surface area contributed by atoms with E-state index in [4.69, 9.17) is 0 Å². The van der Waals surface area contributed by atoms with Gasteiger partial charge in [-0.1, -0.05) is 13.8 Å². The molecule has 2 atom stereocenters. The van der Waals surface area contributed by atoms with E-state index < -0.39 is 0 Å². The lowest BCUT2D eigenvalue weighted by Crippen LogP contribution is -2.58. The van der Waals surface area contributed by atoms with E-state index in [1.165, 1.54) is 38.5 Å². The lowest BCUT2D eigenvalue weighted by molar-refractivity contribution is -0.135. The van der Waals surface area contributed by atoms with Crippen LogP contribution >= 0.6 is 0 Å². The van der Waals surface area contributed by atoms with Crippen molar-refractivity contribution in [1.82, 2.24) is 4.57 Å². The second-order valence-corrected chi connectivity index (χ2v) is 7.94. The predicted octanol–water partition coefficient (Wildman–Crippen LogP) is 4.19. The summed E-state index contributed by atoms with van der Waals surface area (Å²) in [4.78, 5) is 0. The molecule has 0 aliphatic heterocycles. The van der Waals surface area contributed by atoms with Crippen LogP contribution in [0.4, 0.5) is 0 Å². The summed E-state index contributed by atoms with van der Waals surface area (Å²) in [5.74, 6) is 0.989. The maximum Gasteiger partial charge on any atom is 0.0452 e. The van der Waals surface area contributed by atoms with Crippen molar-refractivity contribution in [3.63, 3.8) is 0 Å². The first-order chi connectivity index (χ1) is 8.01. The number of aromatic nitrogens is 1. The molecule has 4 aliphatic rings. The molecule has 4 bridgehead atoms. The molecule has 4 saturated carbocycles. The van der Waals surface area contributed by atoms with E-state index in [0.29, 0.717) is 16.4 Å². The molecule has 0 spiro atoms. The molecule has 4 fully saturated rings. The van der Waals surface area contributed by atoms with Crippen LogP contribution in [-0.4, -0.2) is 4.57 Å². The molecule has 0 aromatic carbocycles. The Hall–Kier alpha value is -0.720. The van der Waals surface area contributed by atoms with Crippen LogP contribution in [0.5, 0.6) is 0 Å². The second-order valence-electron chi connectivity index (χ2n) is 7.94. The van der Waals surface area contributed by atoms with Crippen molar-refractivity contribution in [2.75, 3.05) is 0 Å². The number of hydrogen-bond acceptors (Lipinski definition) is 0. The van der Waals surface area contributed by atoms with Gasteiger partial charge in [0.05, 0.1) is 0 Å². The Bertz CT molecular complexity index is 426. The summed E-state index contributed by atoms with van der Waals surface area (Å²) in [5.41, 5.74) is 1.71. The second kappa shape index (κ2) is 2.81. The van der Waals surface area contributed by atoms with E-state index in [2.05, 4.69) is 42.9 Å². The summed E-state index contributed by atoms with van der Waals surface area (Å²) in [6.07, 6.45) is 13.3. The average molecular weight is 229 g/mol. The van der Waals surface area contributed by atoms with E-state index in [1.54, 1.807) is 0 Å². The maximum absolute atomic E-state index is 2.55. The van der Waals surface area contributed by atoms with Crippen molar-refractivity contribution in [3.05, 3.63) is 24.5 Å². The Labute approximate surface area is 104 Å². The number of hydrogen-bond donors (Lipinski definition) is 0. The van der Waals surface area contributed by atoms with E-state index in [1.807, 2.05) is 0 Å². The molecule has 2 unspecified atom stereocenters. The van der Waals surface area contributed by atoms with Gasteiger partial charge in [-0.25, -0.2) is 0 Å². The van der Waals surface area contributed by atoms with Crippen LogP contribution in [0.15, 0.2) is 24.5 Å². The molecule has 0 radical (unpaired) electrons. The topological polar surface area (TPSA) is 4.93 Å². The largest absolute Gasteiger partial charge is 0.348 e. The Morgan fingerprint density at radius 3 is 2.00 bits per heavy atom. The molecule has 5 rings (SSSR count). The molecule has 4 aliphatic carbocycles. The van der Waals surface area contributed by atoms with Gasteiger partial charge in [-0.15, -0.1) is 0 Å². The fourth-order valence-electron chi connectivity index (χ4n) is 6.33. The molecule has 0 N–H and O–H groups in total. The van der Waals surface area contributed by atoms with Crippen LogP contribution in [0.2, 0.25) is 0 Å². The van der Waals surface area contributed by atoms with Gasteiger partial charge in [-0.05, 0) is 67.4 Å². The van der Waals surface area contributed by atoms with Gasteiger partial charge in [0.1, 0.15) is 0 Å². The van der Waals surface area contributed by atoms with E-state index in [-0.39, 0.29) is 0 Å². The van der Waals surface area contributed by atoms with Crippen LogP contribution in [0.25, 0.3) is 0 Å². The van der Waals surface area contributed by atoms with Crippen molar-refractivity contribution in [2.45, 2.75) is 57.9 Å². The molecule has 1 nitrogen and oxygen atoms in total. The van der Waals surface area contributed by atoms with Crippen LogP contribution in [0.3, 0.4) is 0 Å². The number of rotatable bonds is 1. The van der Waals surface area contributed by atoms with Gasteiger partial charge in [0.25, 0.3) is 0 Å². The van der Waals surface area contributed by atoms with Gasteiger partial charge in [-0.3, -0.25) is 0 Å². The predicted molar refractivity (Wildman–Crippen MR) is 69.8 cm³/mol. The molecule has 1 heterocycles. The van der Waals surface area contributed by atoms with Crippen molar-refractivity contribution in [1.29, 1.82) is 0 Å². The Morgan fingerprint density at radius 2 is 1.47 bits per heavy atom. The highest BCUT2D eigenvalue weighted by molar-refractivity contribution is 5.14.